The molecule has 2 aromatic rings. The van der Waals surface area contributed by atoms with Crippen LogP contribution in [0.1, 0.15) is 66.0 Å². The smallest absolute Gasteiger partial charge is 0.269 e. The topological polar surface area (TPSA) is 68.2 Å². The first-order chi connectivity index (χ1) is 14.3. The summed E-state index contributed by atoms with van der Waals surface area (Å²) >= 11 is 1.24. The average molecular weight is 443 g/mol. The minimum atomic E-state index is -0.567. The van der Waals surface area contributed by atoms with Crippen molar-refractivity contribution in [2.24, 2.45) is 5.41 Å². The molecule has 1 amide bonds. The fourth-order valence-corrected chi connectivity index (χ4v) is 3.86. The molecule has 1 N–H and O–H groups in total. The van der Waals surface area contributed by atoms with E-state index >= 15 is 0 Å². The second kappa shape index (κ2) is 9.77. The molecular weight excluding hydrogens is 408 g/mol. The van der Waals surface area contributed by atoms with Gasteiger partial charge < -0.3 is 5.32 Å². The molecule has 2 rings (SSSR count). The molecule has 168 valence electrons. The second-order valence-electron chi connectivity index (χ2n) is 9.82. The molecule has 0 bridgehead atoms. The van der Waals surface area contributed by atoms with E-state index in [1.165, 1.54) is 27.5 Å². The number of carbonyl (C=O) groups excluding carboxylic acids is 2. The first kappa shape index (κ1) is 24.8. The van der Waals surface area contributed by atoms with Crippen LogP contribution in [0.2, 0.25) is 0 Å². The highest BCUT2D eigenvalue weighted by Crippen LogP contribution is 2.22. The standard InChI is InChI=1S/C25H34N2O3S/c1-8-13-26-21(29)16-27-22(15-20(28)25(5,6)7)31-19(23(27)30)14-17-9-11-18(12-10-17)24(2,3)4/h9-12,14-15H,8,13,16H2,1-7H3,(H,26,29). The van der Waals surface area contributed by atoms with E-state index in [4.69, 9.17) is 0 Å². The van der Waals surface area contributed by atoms with Gasteiger partial charge in [-0.05, 0) is 29.0 Å². The summed E-state index contributed by atoms with van der Waals surface area (Å²) < 4.78 is 2.39. The van der Waals surface area contributed by atoms with Gasteiger partial charge in [-0.1, -0.05) is 72.7 Å². The van der Waals surface area contributed by atoms with Gasteiger partial charge in [-0.3, -0.25) is 19.0 Å². The third-order valence-electron chi connectivity index (χ3n) is 4.88. The first-order valence-electron chi connectivity index (χ1n) is 10.7. The van der Waals surface area contributed by atoms with Crippen molar-refractivity contribution < 1.29 is 9.59 Å². The quantitative estimate of drug-likeness (QED) is 0.748. The van der Waals surface area contributed by atoms with Gasteiger partial charge in [0, 0.05) is 18.0 Å². The van der Waals surface area contributed by atoms with Gasteiger partial charge in [-0.2, -0.15) is 0 Å². The molecule has 0 radical (unpaired) electrons. The van der Waals surface area contributed by atoms with Crippen LogP contribution in [-0.4, -0.2) is 22.8 Å². The Bertz CT molecular complexity index is 1110. The fraction of sp³-hybridized carbons (Fsp3) is 0.480. The molecule has 5 nitrogen and oxygen atoms in total. The summed E-state index contributed by atoms with van der Waals surface area (Å²) in [5.74, 6) is -0.321. The zero-order valence-electron chi connectivity index (χ0n) is 19.7. The van der Waals surface area contributed by atoms with Crippen molar-refractivity contribution in [3.8, 4) is 0 Å². The van der Waals surface area contributed by atoms with E-state index in [1.807, 2.05) is 45.9 Å². The predicted molar refractivity (Wildman–Crippen MR) is 129 cm³/mol. The second-order valence-corrected chi connectivity index (χ2v) is 10.9. The third-order valence-corrected chi connectivity index (χ3v) is 5.94. The van der Waals surface area contributed by atoms with Crippen molar-refractivity contribution in [3.05, 3.63) is 54.9 Å². The number of rotatable bonds is 6. The SMILES string of the molecule is CCCNC(=O)Cn1c(=CC(=O)C(C)(C)C)sc(=Cc2ccc(C(C)(C)C)cc2)c1=O. The van der Waals surface area contributed by atoms with Crippen molar-refractivity contribution in [1.29, 1.82) is 0 Å². The molecule has 1 aromatic heterocycles. The number of nitrogens with zero attached hydrogens (tertiary/aromatic N) is 1. The zero-order chi connectivity index (χ0) is 23.4. The molecular formula is C25H34N2O3S. The highest BCUT2D eigenvalue weighted by molar-refractivity contribution is 7.07. The van der Waals surface area contributed by atoms with E-state index in [0.717, 1.165) is 12.0 Å². The van der Waals surface area contributed by atoms with Gasteiger partial charge in [0.15, 0.2) is 5.78 Å². The molecule has 0 spiro atoms. The summed E-state index contributed by atoms with van der Waals surface area (Å²) in [6.45, 7) is 14.4. The van der Waals surface area contributed by atoms with Gasteiger partial charge >= 0.3 is 0 Å². The Morgan fingerprint density at radius 2 is 1.68 bits per heavy atom. The highest BCUT2D eigenvalue weighted by atomic mass is 32.1. The maximum atomic E-state index is 13.1. The average Bonchev–Trinajstić information content (AvgIpc) is 2.94. The molecule has 0 unspecified atom stereocenters. The summed E-state index contributed by atoms with van der Waals surface area (Å²) in [4.78, 5) is 38.0. The largest absolute Gasteiger partial charge is 0.355 e. The van der Waals surface area contributed by atoms with E-state index in [-0.39, 0.29) is 29.2 Å². The van der Waals surface area contributed by atoms with Crippen LogP contribution >= 0.6 is 11.3 Å². The van der Waals surface area contributed by atoms with Crippen molar-refractivity contribution in [2.75, 3.05) is 6.54 Å². The molecule has 31 heavy (non-hydrogen) atoms. The number of amides is 1. The maximum absolute atomic E-state index is 13.1. The Morgan fingerprint density at radius 1 is 1.06 bits per heavy atom. The Labute approximate surface area is 188 Å². The molecule has 0 aliphatic rings. The van der Waals surface area contributed by atoms with Crippen molar-refractivity contribution >= 4 is 35.2 Å². The lowest BCUT2D eigenvalue weighted by molar-refractivity contribution is -0.122. The maximum Gasteiger partial charge on any atom is 0.269 e. The molecule has 0 saturated heterocycles. The molecule has 1 heterocycles. The van der Waals surface area contributed by atoms with Crippen LogP contribution in [-0.2, 0) is 21.5 Å². The number of benzene rings is 1. The number of nitrogens with one attached hydrogen (secondary N) is 1. The Morgan fingerprint density at radius 3 is 2.19 bits per heavy atom. The Kier molecular flexibility index (Phi) is 7.82. The number of ketones is 1. The van der Waals surface area contributed by atoms with Crippen LogP contribution < -0.4 is 20.1 Å². The van der Waals surface area contributed by atoms with Gasteiger partial charge in [-0.25, -0.2) is 0 Å². The van der Waals surface area contributed by atoms with Crippen LogP contribution in [0.5, 0.6) is 0 Å². The van der Waals surface area contributed by atoms with E-state index in [9.17, 15) is 14.4 Å². The number of carbonyl (C=O) groups is 2. The monoisotopic (exact) mass is 442 g/mol. The van der Waals surface area contributed by atoms with Crippen LogP contribution in [0, 0.1) is 5.41 Å². The number of hydrogen-bond acceptors (Lipinski definition) is 4. The van der Waals surface area contributed by atoms with Gasteiger partial charge in [0.2, 0.25) is 5.91 Å². The lowest BCUT2D eigenvalue weighted by Gasteiger charge is -2.18. The van der Waals surface area contributed by atoms with Crippen molar-refractivity contribution in [2.45, 2.75) is 66.8 Å². The number of aromatic nitrogens is 1. The number of Topliss-reactive ketones (excluding diaryl/α,β-unsaturated/α-hetero) is 1. The molecule has 0 aliphatic heterocycles. The summed E-state index contributed by atoms with van der Waals surface area (Å²) in [5.41, 5.74) is 1.34. The Balaban J connectivity index is 2.56. The van der Waals surface area contributed by atoms with Crippen LogP contribution in [0.25, 0.3) is 12.2 Å². The minimum absolute atomic E-state index is 0.0511. The summed E-state index contributed by atoms with van der Waals surface area (Å²) in [7, 11) is 0. The molecule has 6 heteroatoms. The van der Waals surface area contributed by atoms with Gasteiger partial charge in [-0.15, -0.1) is 11.3 Å². The van der Waals surface area contributed by atoms with E-state index < -0.39 is 5.41 Å². The molecule has 0 fully saturated rings. The predicted octanol–water partition coefficient (Wildman–Crippen LogP) is 2.96. The first-order valence-corrected chi connectivity index (χ1v) is 11.5. The summed E-state index contributed by atoms with van der Waals surface area (Å²) in [6, 6.07) is 8.10. The fourth-order valence-electron chi connectivity index (χ4n) is 2.82. The minimum Gasteiger partial charge on any atom is -0.355 e. The normalized spacial score (nSPS) is 13.5. The van der Waals surface area contributed by atoms with Crippen LogP contribution in [0.15, 0.2) is 29.1 Å². The van der Waals surface area contributed by atoms with Crippen molar-refractivity contribution in [3.63, 3.8) is 0 Å². The van der Waals surface area contributed by atoms with Crippen LogP contribution in [0.3, 0.4) is 0 Å². The molecule has 0 aliphatic carbocycles. The molecule has 0 atom stereocenters. The highest BCUT2D eigenvalue weighted by Gasteiger charge is 2.20. The van der Waals surface area contributed by atoms with Crippen LogP contribution in [0.4, 0.5) is 0 Å². The number of hydrogen-bond donors (Lipinski definition) is 1. The van der Waals surface area contributed by atoms with E-state index in [0.29, 0.717) is 15.7 Å². The van der Waals surface area contributed by atoms with Gasteiger partial charge in [0.25, 0.3) is 5.56 Å². The summed E-state index contributed by atoms with van der Waals surface area (Å²) in [6.07, 6.45) is 4.12. The lowest BCUT2D eigenvalue weighted by atomic mass is 9.87. The third kappa shape index (κ3) is 6.76. The molecule has 1 aromatic carbocycles. The van der Waals surface area contributed by atoms with E-state index in [1.54, 1.807) is 0 Å². The number of thiazole rings is 1. The lowest BCUT2D eigenvalue weighted by Crippen LogP contribution is -2.38. The van der Waals surface area contributed by atoms with Gasteiger partial charge in [0.1, 0.15) is 11.2 Å². The zero-order valence-corrected chi connectivity index (χ0v) is 20.5. The summed E-state index contributed by atoms with van der Waals surface area (Å²) in [5, 5.41) is 2.80. The van der Waals surface area contributed by atoms with Crippen molar-refractivity contribution in [1.82, 2.24) is 9.88 Å². The Hall–Kier alpha value is -2.47. The van der Waals surface area contributed by atoms with Gasteiger partial charge in [0.05, 0.1) is 4.53 Å². The molecule has 0 saturated carbocycles. The van der Waals surface area contributed by atoms with E-state index in [2.05, 4.69) is 38.2 Å².